The number of rotatable bonds is 13. The molecular weight excluding hydrogens is 639 g/mol. The second-order valence-corrected chi connectivity index (χ2v) is 12.2. The number of hydrogen-bond acceptors (Lipinski definition) is 8. The molecule has 0 spiro atoms. The van der Waals surface area contributed by atoms with E-state index in [2.05, 4.69) is 58.8 Å². The van der Waals surface area contributed by atoms with E-state index in [0.717, 1.165) is 12.8 Å². The number of carbonyl (C=O) groups excluding carboxylic acids is 2. The lowest BCUT2D eigenvalue weighted by molar-refractivity contribution is -0.144. The minimum atomic E-state index is -0.901. The fourth-order valence-electron chi connectivity index (χ4n) is 6.43. The number of aliphatic imine (C=N–C) groups is 1. The average Bonchev–Trinajstić information content (AvgIpc) is 3.23. The second kappa shape index (κ2) is 16.5. The number of halogens is 2. The summed E-state index contributed by atoms with van der Waals surface area (Å²) in [5.74, 6) is -2.89. The van der Waals surface area contributed by atoms with Gasteiger partial charge in [0.2, 0.25) is 0 Å². The predicted octanol–water partition coefficient (Wildman–Crippen LogP) is 6.67. The van der Waals surface area contributed by atoms with E-state index in [-0.39, 0.29) is 36.5 Å². The number of hydrogen-bond donors (Lipinski definition) is 1. The molecule has 2 atom stereocenters. The van der Waals surface area contributed by atoms with Crippen molar-refractivity contribution in [3.05, 3.63) is 116 Å². The maximum atomic E-state index is 13.4. The first-order valence-electron chi connectivity index (χ1n) is 15.9. The van der Waals surface area contributed by atoms with E-state index in [4.69, 9.17) is 42.1 Å². The number of methoxy groups -OCH3 is 1. The Morgan fingerprint density at radius 2 is 1.51 bits per heavy atom. The number of esters is 2. The second-order valence-electron chi connectivity index (χ2n) is 11.4. The SMILES string of the molecule is CCOC(=O)C1=C(COCCOCCNC2c3ccccc3CCc3ccccc32)N=C(C)C(C(=O)OC)C1c1cccc(Cl)c1Cl. The summed E-state index contributed by atoms with van der Waals surface area (Å²) in [6, 6.07) is 22.4. The Kier molecular flexibility index (Phi) is 12.2. The minimum Gasteiger partial charge on any atom is -0.468 e. The zero-order valence-corrected chi connectivity index (χ0v) is 28.4. The molecule has 0 saturated heterocycles. The maximum Gasteiger partial charge on any atom is 0.336 e. The molecule has 0 aromatic heterocycles. The topological polar surface area (TPSA) is 95.5 Å². The molecule has 2 aliphatic rings. The molecule has 3 aromatic rings. The van der Waals surface area contributed by atoms with Gasteiger partial charge in [-0.2, -0.15) is 0 Å². The van der Waals surface area contributed by atoms with E-state index >= 15 is 0 Å². The van der Waals surface area contributed by atoms with Gasteiger partial charge in [0.15, 0.2) is 0 Å². The Labute approximate surface area is 286 Å². The third kappa shape index (κ3) is 7.96. The van der Waals surface area contributed by atoms with Crippen LogP contribution in [0.25, 0.3) is 0 Å². The maximum absolute atomic E-state index is 13.4. The number of nitrogens with one attached hydrogen (secondary N) is 1. The highest BCUT2D eigenvalue weighted by Gasteiger charge is 2.44. The quantitative estimate of drug-likeness (QED) is 0.159. The average molecular weight is 680 g/mol. The molecule has 1 N–H and O–H groups in total. The normalized spacial score (nSPS) is 17.8. The molecule has 248 valence electrons. The van der Waals surface area contributed by atoms with Crippen LogP contribution < -0.4 is 5.32 Å². The van der Waals surface area contributed by atoms with E-state index in [0.29, 0.717) is 41.8 Å². The molecule has 8 nitrogen and oxygen atoms in total. The van der Waals surface area contributed by atoms with E-state index in [1.807, 2.05) is 0 Å². The zero-order valence-electron chi connectivity index (χ0n) is 26.9. The van der Waals surface area contributed by atoms with Crippen LogP contribution in [0.15, 0.2) is 83.0 Å². The molecule has 1 heterocycles. The van der Waals surface area contributed by atoms with E-state index in [9.17, 15) is 9.59 Å². The van der Waals surface area contributed by atoms with Crippen molar-refractivity contribution in [2.24, 2.45) is 10.9 Å². The van der Waals surface area contributed by atoms with Gasteiger partial charge < -0.3 is 24.3 Å². The summed E-state index contributed by atoms with van der Waals surface area (Å²) < 4.78 is 22.4. The van der Waals surface area contributed by atoms with Gasteiger partial charge >= 0.3 is 11.9 Å². The molecule has 2 unspecified atom stereocenters. The standard InChI is InChI=1S/C37H40Cl2N2O6/c1-4-47-37(43)33-30(41-23(2)31(36(42)44-3)32(33)28-14-9-15-29(38)34(28)39)22-46-21-20-45-19-18-40-35-26-12-7-5-10-24(26)16-17-25-11-6-8-13-27(25)35/h5-15,31-32,35,40H,4,16-22H2,1-3H3. The number of aryl methyl sites for hydroxylation is 2. The number of ether oxygens (including phenoxy) is 4. The van der Waals surface area contributed by atoms with Gasteiger partial charge in [-0.15, -0.1) is 0 Å². The molecule has 1 aliphatic carbocycles. The highest BCUT2D eigenvalue weighted by Crippen LogP contribution is 2.44. The lowest BCUT2D eigenvalue weighted by Crippen LogP contribution is -2.37. The van der Waals surface area contributed by atoms with Crippen LogP contribution in [0.1, 0.15) is 53.6 Å². The van der Waals surface area contributed by atoms with E-state index in [1.165, 1.54) is 29.4 Å². The van der Waals surface area contributed by atoms with Crippen molar-refractivity contribution in [1.29, 1.82) is 0 Å². The van der Waals surface area contributed by atoms with Crippen LogP contribution in [0.5, 0.6) is 0 Å². The highest BCUT2D eigenvalue weighted by molar-refractivity contribution is 6.42. The molecule has 1 aliphatic heterocycles. The van der Waals surface area contributed by atoms with Crippen LogP contribution >= 0.6 is 23.2 Å². The van der Waals surface area contributed by atoms with Gasteiger partial charge in [-0.1, -0.05) is 83.9 Å². The van der Waals surface area contributed by atoms with Gasteiger partial charge in [0, 0.05) is 18.2 Å². The summed E-state index contributed by atoms with van der Waals surface area (Å²) in [6.07, 6.45) is 2.04. The van der Waals surface area contributed by atoms with E-state index < -0.39 is 23.8 Å². The summed E-state index contributed by atoms with van der Waals surface area (Å²) in [6.45, 7) is 5.34. The number of benzene rings is 3. The smallest absolute Gasteiger partial charge is 0.336 e. The largest absolute Gasteiger partial charge is 0.468 e. The third-order valence-corrected chi connectivity index (χ3v) is 9.42. The Balaban J connectivity index is 1.23. The van der Waals surface area contributed by atoms with Crippen LogP contribution in [0.2, 0.25) is 10.0 Å². The Morgan fingerprint density at radius 1 is 0.872 bits per heavy atom. The lowest BCUT2D eigenvalue weighted by Gasteiger charge is -2.32. The molecule has 0 bridgehead atoms. The van der Waals surface area contributed by atoms with Crippen LogP contribution in [0.4, 0.5) is 0 Å². The predicted molar refractivity (Wildman–Crippen MR) is 183 cm³/mol. The fraction of sp³-hybridized carbons (Fsp3) is 0.378. The van der Waals surface area contributed by atoms with Crippen molar-refractivity contribution in [3.63, 3.8) is 0 Å². The summed E-state index contributed by atoms with van der Waals surface area (Å²) in [7, 11) is 1.29. The monoisotopic (exact) mass is 678 g/mol. The molecule has 3 aromatic carbocycles. The Hall–Kier alpha value is -3.53. The minimum absolute atomic E-state index is 0.00527. The van der Waals surface area contributed by atoms with Gasteiger partial charge in [0.05, 0.1) is 67.5 Å². The molecular formula is C37H40Cl2N2O6. The van der Waals surface area contributed by atoms with Gasteiger partial charge in [-0.05, 0) is 60.6 Å². The summed E-state index contributed by atoms with van der Waals surface area (Å²) in [5, 5.41) is 4.24. The van der Waals surface area contributed by atoms with Crippen molar-refractivity contribution in [3.8, 4) is 0 Å². The molecule has 0 fully saturated rings. The van der Waals surface area contributed by atoms with Crippen LogP contribution in [-0.2, 0) is 41.4 Å². The van der Waals surface area contributed by atoms with E-state index in [1.54, 1.807) is 32.0 Å². The first kappa shape index (κ1) is 34.8. The molecule has 0 radical (unpaired) electrons. The summed E-state index contributed by atoms with van der Waals surface area (Å²) >= 11 is 13.0. The van der Waals surface area contributed by atoms with Gasteiger partial charge in [-0.3, -0.25) is 9.79 Å². The van der Waals surface area contributed by atoms with Gasteiger partial charge in [0.25, 0.3) is 0 Å². The molecule has 47 heavy (non-hydrogen) atoms. The first-order valence-corrected chi connectivity index (χ1v) is 16.6. The molecule has 10 heteroatoms. The van der Waals surface area contributed by atoms with Crippen molar-refractivity contribution >= 4 is 40.9 Å². The van der Waals surface area contributed by atoms with Crippen LogP contribution in [0.3, 0.4) is 0 Å². The third-order valence-electron chi connectivity index (χ3n) is 8.59. The number of carbonyl (C=O) groups is 2. The van der Waals surface area contributed by atoms with Crippen LogP contribution in [0, 0.1) is 5.92 Å². The summed E-state index contributed by atoms with van der Waals surface area (Å²) in [5.41, 5.74) is 6.85. The zero-order chi connectivity index (χ0) is 33.3. The van der Waals surface area contributed by atoms with Crippen LogP contribution in [-0.4, -0.2) is 64.3 Å². The Bertz CT molecular complexity index is 1610. The first-order chi connectivity index (χ1) is 22.8. The van der Waals surface area contributed by atoms with Crippen molar-refractivity contribution in [2.75, 3.05) is 46.7 Å². The van der Waals surface area contributed by atoms with Gasteiger partial charge in [0.1, 0.15) is 5.92 Å². The lowest BCUT2D eigenvalue weighted by atomic mass is 9.75. The molecule has 0 saturated carbocycles. The molecule has 0 amide bonds. The number of fused-ring (bicyclic) bond motifs is 2. The Morgan fingerprint density at radius 3 is 2.17 bits per heavy atom. The molecule has 5 rings (SSSR count). The van der Waals surface area contributed by atoms with Crippen molar-refractivity contribution in [2.45, 2.75) is 38.6 Å². The van der Waals surface area contributed by atoms with Crippen molar-refractivity contribution in [1.82, 2.24) is 5.32 Å². The highest BCUT2D eigenvalue weighted by atomic mass is 35.5. The van der Waals surface area contributed by atoms with Crippen molar-refractivity contribution < 1.29 is 28.5 Å². The summed E-state index contributed by atoms with van der Waals surface area (Å²) in [4.78, 5) is 31.0. The fourth-order valence-corrected chi connectivity index (χ4v) is 6.86. The number of nitrogens with zero attached hydrogens (tertiary/aromatic N) is 1. The van der Waals surface area contributed by atoms with Gasteiger partial charge in [-0.25, -0.2) is 4.79 Å².